The van der Waals surface area contributed by atoms with Crippen LogP contribution in [-0.2, 0) is 30.3 Å². The van der Waals surface area contributed by atoms with Crippen LogP contribution in [0.15, 0.2) is 36.4 Å². The van der Waals surface area contributed by atoms with Crippen LogP contribution < -0.4 is 0 Å². The monoisotopic (exact) mass is 678 g/mol. The number of carbonyl (C=O) groups is 3. The van der Waals surface area contributed by atoms with Gasteiger partial charge >= 0.3 is 11.9 Å². The third-order valence-corrected chi connectivity index (χ3v) is 10.3. The van der Waals surface area contributed by atoms with Gasteiger partial charge in [0.2, 0.25) is 0 Å². The van der Waals surface area contributed by atoms with Crippen LogP contribution in [0.1, 0.15) is 50.8 Å². The molecule has 4 rings (SSSR count). The van der Waals surface area contributed by atoms with E-state index in [0.717, 1.165) is 15.0 Å². The zero-order valence-corrected chi connectivity index (χ0v) is 27.0. The minimum absolute atomic E-state index is 0.0302. The van der Waals surface area contributed by atoms with Gasteiger partial charge in [-0.05, 0) is 25.3 Å². The number of aliphatic hydroxyl groups is 4. The Morgan fingerprint density at radius 1 is 1.13 bits per heavy atom. The van der Waals surface area contributed by atoms with E-state index in [4.69, 9.17) is 26.2 Å². The molecule has 1 saturated carbocycles. The average molecular weight is 679 g/mol. The van der Waals surface area contributed by atoms with Crippen LogP contribution in [0.4, 0.5) is 0 Å². The first-order valence-corrected chi connectivity index (χ1v) is 16.3. The molecule has 0 bridgehead atoms. The number of benzene rings is 1. The van der Waals surface area contributed by atoms with E-state index >= 15 is 0 Å². The van der Waals surface area contributed by atoms with Crippen LogP contribution in [0, 0.1) is 29.1 Å². The quantitative estimate of drug-likeness (QED) is 0.110. The summed E-state index contributed by atoms with van der Waals surface area (Å²) in [5.74, 6) is 1.72. The fraction of sp³-hybridized carbons (Fsp3) is 0.545. The van der Waals surface area contributed by atoms with Crippen molar-refractivity contribution in [2.24, 2.45) is 17.3 Å². The van der Waals surface area contributed by atoms with Gasteiger partial charge in [0.05, 0.1) is 22.6 Å². The summed E-state index contributed by atoms with van der Waals surface area (Å²) in [5, 5.41) is 61.9. The molecule has 1 aliphatic heterocycles. The lowest BCUT2D eigenvalue weighted by atomic mass is 9.86. The van der Waals surface area contributed by atoms with E-state index in [2.05, 4.69) is 11.8 Å². The number of aryl methyl sites for hydroxylation is 1. The second kappa shape index (κ2) is 15.4. The SMILES string of the molecule is CC1(C)C(=O)[C@H](CC#CCCCC(=O)O)[C@@H](/C=C/C(O)CCc2sc3ccccc3c2Cl)[C@@H]1OC1O[C@H](C(=O)O)[C@@H](O)[C@H](O)[C@H]1O. The third-order valence-electron chi connectivity index (χ3n) is 8.55. The van der Waals surface area contributed by atoms with Gasteiger partial charge in [-0.1, -0.05) is 55.8 Å². The zero-order chi connectivity index (χ0) is 33.8. The number of fused-ring (bicyclic) bond motifs is 1. The molecule has 2 aliphatic rings. The lowest BCUT2D eigenvalue weighted by Gasteiger charge is -2.41. The van der Waals surface area contributed by atoms with Crippen LogP contribution >= 0.6 is 22.9 Å². The largest absolute Gasteiger partial charge is 0.481 e. The number of carboxylic acid groups (broad SMARTS) is 2. The number of carboxylic acids is 2. The number of aliphatic hydroxyl groups excluding tert-OH is 4. The van der Waals surface area contributed by atoms with Crippen molar-refractivity contribution in [1.29, 1.82) is 0 Å². The van der Waals surface area contributed by atoms with E-state index in [1.807, 2.05) is 24.3 Å². The molecule has 2 heterocycles. The van der Waals surface area contributed by atoms with Crippen LogP contribution in [0.5, 0.6) is 0 Å². The predicted octanol–water partition coefficient (Wildman–Crippen LogP) is 3.17. The first-order valence-electron chi connectivity index (χ1n) is 15.1. The number of hydrogen-bond acceptors (Lipinski definition) is 10. The smallest absolute Gasteiger partial charge is 0.335 e. The Labute approximate surface area is 275 Å². The molecule has 2 unspecified atom stereocenters. The van der Waals surface area contributed by atoms with Crippen molar-refractivity contribution in [3.8, 4) is 11.8 Å². The number of hydrogen-bond donors (Lipinski definition) is 6. The van der Waals surface area contributed by atoms with E-state index in [1.165, 1.54) is 0 Å². The molecule has 6 N–H and O–H groups in total. The zero-order valence-electron chi connectivity index (χ0n) is 25.4. The Bertz CT molecular complexity index is 1510. The maximum Gasteiger partial charge on any atom is 0.335 e. The second-order valence-electron chi connectivity index (χ2n) is 12.2. The number of unbranched alkanes of at least 4 members (excludes halogenated alkanes) is 1. The van der Waals surface area contributed by atoms with Crippen LogP contribution in [-0.4, -0.2) is 91.3 Å². The highest BCUT2D eigenvalue weighted by Crippen LogP contribution is 2.47. The van der Waals surface area contributed by atoms with Gasteiger partial charge in [0.1, 0.15) is 24.1 Å². The fourth-order valence-electron chi connectivity index (χ4n) is 5.97. The summed E-state index contributed by atoms with van der Waals surface area (Å²) >= 11 is 8.12. The van der Waals surface area contributed by atoms with Gasteiger partial charge in [-0.3, -0.25) is 9.59 Å². The Kier molecular flexibility index (Phi) is 12.0. The molecule has 11 nitrogen and oxygen atoms in total. The fourth-order valence-corrected chi connectivity index (χ4v) is 7.52. The second-order valence-corrected chi connectivity index (χ2v) is 13.7. The molecule has 0 radical (unpaired) electrons. The maximum absolute atomic E-state index is 13.7. The Balaban J connectivity index is 1.55. The number of rotatable bonds is 12. The molecule has 0 spiro atoms. The summed E-state index contributed by atoms with van der Waals surface area (Å²) in [4.78, 5) is 37.1. The molecule has 46 heavy (non-hydrogen) atoms. The number of halogens is 1. The van der Waals surface area contributed by atoms with Crippen LogP contribution in [0.2, 0.25) is 5.02 Å². The molecule has 1 aliphatic carbocycles. The number of thiophene rings is 1. The Morgan fingerprint density at radius 2 is 1.85 bits per heavy atom. The van der Waals surface area contributed by atoms with Crippen molar-refractivity contribution in [1.82, 2.24) is 0 Å². The lowest BCUT2D eigenvalue weighted by molar-refractivity contribution is -0.311. The van der Waals surface area contributed by atoms with Crippen molar-refractivity contribution in [3.05, 3.63) is 46.3 Å². The first-order chi connectivity index (χ1) is 21.7. The first kappa shape index (κ1) is 36.0. The summed E-state index contributed by atoms with van der Waals surface area (Å²) in [6.45, 7) is 3.27. The van der Waals surface area contributed by atoms with Gasteiger partial charge in [-0.2, -0.15) is 0 Å². The number of ketones is 1. The number of aliphatic carboxylic acids is 2. The van der Waals surface area contributed by atoms with Gasteiger partial charge in [-0.15, -0.1) is 23.2 Å². The molecule has 1 aromatic heterocycles. The van der Waals surface area contributed by atoms with Gasteiger partial charge in [-0.25, -0.2) is 4.79 Å². The summed E-state index contributed by atoms with van der Waals surface area (Å²) in [7, 11) is 0. The van der Waals surface area contributed by atoms with E-state index in [1.54, 1.807) is 37.3 Å². The molecule has 9 atom stereocenters. The molecule has 0 amide bonds. The van der Waals surface area contributed by atoms with Gasteiger partial charge in [0.15, 0.2) is 12.4 Å². The standard InChI is InChI=1S/C33H39ClO11S/c1-33(2)29(41)18(9-5-3-4-6-12-23(36)37)19(30(33)45-32-27(40)25(38)26(39)28(44-32)31(42)43)15-13-17(35)14-16-22-24(34)20-10-7-8-11-21(20)46-22/h7-8,10-11,13,15,17-19,25-28,30,32,35,38-40H,4,6,9,12,14,16H2,1-2H3,(H,36,37)(H,42,43)/b15-13+/t17?,18-,19-,25+,26+,27-,28+,30+,32?/m1/s1. The molecule has 2 fully saturated rings. The maximum atomic E-state index is 13.7. The van der Waals surface area contributed by atoms with Gasteiger partial charge in [0.25, 0.3) is 0 Å². The Hall–Kier alpha value is -2.86. The normalized spacial score (nSPS) is 29.9. The van der Waals surface area contributed by atoms with Gasteiger partial charge in [0, 0.05) is 46.1 Å². The molecule has 1 saturated heterocycles. The molecular formula is C33H39ClO11S. The number of Topliss-reactive ketones (excluding diaryl/α,β-unsaturated/α-hetero) is 1. The summed E-state index contributed by atoms with van der Waals surface area (Å²) in [6, 6.07) is 7.75. The highest BCUT2D eigenvalue weighted by Gasteiger charge is 2.57. The van der Waals surface area contributed by atoms with E-state index < -0.39 is 72.1 Å². The van der Waals surface area contributed by atoms with Crippen molar-refractivity contribution < 1.29 is 54.5 Å². The molecule has 1 aromatic carbocycles. The molecule has 13 heteroatoms. The minimum atomic E-state index is -1.91. The Morgan fingerprint density at radius 3 is 2.52 bits per heavy atom. The molecular weight excluding hydrogens is 640 g/mol. The van der Waals surface area contributed by atoms with Gasteiger partial charge < -0.3 is 40.1 Å². The predicted molar refractivity (Wildman–Crippen MR) is 169 cm³/mol. The van der Waals surface area contributed by atoms with Crippen LogP contribution in [0.3, 0.4) is 0 Å². The van der Waals surface area contributed by atoms with E-state index in [9.17, 15) is 39.9 Å². The number of carbonyl (C=O) groups excluding carboxylic acids is 1. The summed E-state index contributed by atoms with van der Waals surface area (Å²) in [5.41, 5.74) is -1.19. The highest BCUT2D eigenvalue weighted by atomic mass is 35.5. The number of ether oxygens (including phenoxy) is 2. The molecule has 250 valence electrons. The van der Waals surface area contributed by atoms with Crippen molar-refractivity contribution in [2.75, 3.05) is 0 Å². The van der Waals surface area contributed by atoms with Crippen molar-refractivity contribution in [3.63, 3.8) is 0 Å². The topological polar surface area (TPSA) is 191 Å². The van der Waals surface area contributed by atoms with Crippen molar-refractivity contribution >= 4 is 50.7 Å². The lowest BCUT2D eigenvalue weighted by Crippen LogP contribution is -2.61. The van der Waals surface area contributed by atoms with Crippen LogP contribution in [0.25, 0.3) is 10.1 Å². The minimum Gasteiger partial charge on any atom is -0.481 e. The third kappa shape index (κ3) is 7.98. The molecule has 2 aromatic rings. The summed E-state index contributed by atoms with van der Waals surface area (Å²) < 4.78 is 12.5. The highest BCUT2D eigenvalue weighted by molar-refractivity contribution is 7.19. The van der Waals surface area contributed by atoms with E-state index in [-0.39, 0.29) is 18.6 Å². The van der Waals surface area contributed by atoms with E-state index in [0.29, 0.717) is 30.7 Å². The summed E-state index contributed by atoms with van der Waals surface area (Å²) in [6.07, 6.45) is -6.30. The average Bonchev–Trinajstić information content (AvgIpc) is 3.42. The van der Waals surface area contributed by atoms with Crippen molar-refractivity contribution in [2.45, 2.75) is 95.3 Å².